The number of nitrogens with two attached hydrogens (primary N) is 1. The SMILES string of the molecule is CCOc1cc([C@@H](N)C2CCC2)ccc1OCc1ccccc1. The highest BCUT2D eigenvalue weighted by molar-refractivity contribution is 5.44. The van der Waals surface area contributed by atoms with E-state index in [2.05, 4.69) is 18.2 Å². The molecular weight excluding hydrogens is 286 g/mol. The van der Waals surface area contributed by atoms with E-state index in [1.165, 1.54) is 19.3 Å². The Morgan fingerprint density at radius 2 is 1.83 bits per heavy atom. The highest BCUT2D eigenvalue weighted by Crippen LogP contribution is 2.39. The molecule has 2 aromatic rings. The Hall–Kier alpha value is -2.00. The summed E-state index contributed by atoms with van der Waals surface area (Å²) in [6, 6.07) is 16.4. The first-order valence-electron chi connectivity index (χ1n) is 8.47. The Kier molecular flexibility index (Phi) is 5.19. The summed E-state index contributed by atoms with van der Waals surface area (Å²) in [5, 5.41) is 0. The number of hydrogen-bond acceptors (Lipinski definition) is 3. The summed E-state index contributed by atoms with van der Waals surface area (Å²) in [5.74, 6) is 2.18. The van der Waals surface area contributed by atoms with Crippen molar-refractivity contribution in [3.8, 4) is 11.5 Å². The van der Waals surface area contributed by atoms with Crippen molar-refractivity contribution in [1.82, 2.24) is 0 Å². The lowest BCUT2D eigenvalue weighted by atomic mass is 9.77. The highest BCUT2D eigenvalue weighted by Gasteiger charge is 2.26. The normalized spacial score (nSPS) is 15.7. The van der Waals surface area contributed by atoms with Crippen LogP contribution in [-0.2, 0) is 6.61 Å². The van der Waals surface area contributed by atoms with E-state index in [0.717, 1.165) is 22.6 Å². The third-order valence-corrected chi connectivity index (χ3v) is 4.55. The maximum Gasteiger partial charge on any atom is 0.161 e. The first-order chi connectivity index (χ1) is 11.3. The van der Waals surface area contributed by atoms with Crippen LogP contribution in [0.2, 0.25) is 0 Å². The maximum absolute atomic E-state index is 6.38. The fourth-order valence-electron chi connectivity index (χ4n) is 2.93. The van der Waals surface area contributed by atoms with Gasteiger partial charge in [-0.15, -0.1) is 0 Å². The first kappa shape index (κ1) is 15.9. The average Bonchev–Trinajstić information content (AvgIpc) is 2.53. The summed E-state index contributed by atoms with van der Waals surface area (Å²) in [6.07, 6.45) is 3.77. The molecule has 3 heteroatoms. The summed E-state index contributed by atoms with van der Waals surface area (Å²) in [7, 11) is 0. The van der Waals surface area contributed by atoms with Gasteiger partial charge in [0.15, 0.2) is 11.5 Å². The number of benzene rings is 2. The van der Waals surface area contributed by atoms with Crippen LogP contribution in [0.4, 0.5) is 0 Å². The minimum absolute atomic E-state index is 0.103. The van der Waals surface area contributed by atoms with Gasteiger partial charge in [-0.25, -0.2) is 0 Å². The van der Waals surface area contributed by atoms with E-state index in [0.29, 0.717) is 19.1 Å². The molecule has 1 atom stereocenters. The molecule has 0 saturated heterocycles. The van der Waals surface area contributed by atoms with Gasteiger partial charge in [0.25, 0.3) is 0 Å². The Morgan fingerprint density at radius 3 is 2.48 bits per heavy atom. The summed E-state index contributed by atoms with van der Waals surface area (Å²) < 4.78 is 11.7. The predicted octanol–water partition coefficient (Wildman–Crippen LogP) is 4.46. The molecule has 3 nitrogen and oxygen atoms in total. The lowest BCUT2D eigenvalue weighted by Crippen LogP contribution is -2.26. The van der Waals surface area contributed by atoms with E-state index in [-0.39, 0.29) is 6.04 Å². The second kappa shape index (κ2) is 7.51. The summed E-state index contributed by atoms with van der Waals surface area (Å²) in [6.45, 7) is 3.14. The van der Waals surface area contributed by atoms with Crippen LogP contribution in [0.25, 0.3) is 0 Å². The largest absolute Gasteiger partial charge is 0.490 e. The van der Waals surface area contributed by atoms with Crippen LogP contribution in [0.1, 0.15) is 43.4 Å². The lowest BCUT2D eigenvalue weighted by Gasteiger charge is -2.31. The quantitative estimate of drug-likeness (QED) is 0.821. The van der Waals surface area contributed by atoms with Crippen LogP contribution in [0.5, 0.6) is 11.5 Å². The Balaban J connectivity index is 1.73. The Labute approximate surface area is 138 Å². The van der Waals surface area contributed by atoms with E-state index >= 15 is 0 Å². The number of rotatable bonds is 7. The van der Waals surface area contributed by atoms with Crippen molar-refractivity contribution < 1.29 is 9.47 Å². The van der Waals surface area contributed by atoms with Crippen molar-refractivity contribution in [2.45, 2.75) is 38.8 Å². The minimum atomic E-state index is 0.103. The van der Waals surface area contributed by atoms with Crippen LogP contribution in [0.3, 0.4) is 0 Å². The van der Waals surface area contributed by atoms with Crippen LogP contribution >= 0.6 is 0 Å². The molecule has 1 fully saturated rings. The molecule has 0 heterocycles. The van der Waals surface area contributed by atoms with E-state index in [4.69, 9.17) is 15.2 Å². The molecule has 0 aromatic heterocycles. The van der Waals surface area contributed by atoms with Crippen molar-refractivity contribution >= 4 is 0 Å². The molecule has 1 aliphatic rings. The highest BCUT2D eigenvalue weighted by atomic mass is 16.5. The predicted molar refractivity (Wildman–Crippen MR) is 92.7 cm³/mol. The van der Waals surface area contributed by atoms with E-state index in [1.54, 1.807) is 0 Å². The molecular formula is C20H25NO2. The van der Waals surface area contributed by atoms with E-state index in [1.807, 2.05) is 37.3 Å². The molecule has 2 N–H and O–H groups in total. The summed E-state index contributed by atoms with van der Waals surface area (Å²) in [5.41, 5.74) is 8.67. The van der Waals surface area contributed by atoms with Crippen LogP contribution < -0.4 is 15.2 Å². The van der Waals surface area contributed by atoms with E-state index < -0.39 is 0 Å². The molecule has 0 spiro atoms. The van der Waals surface area contributed by atoms with Crippen molar-refractivity contribution in [3.05, 3.63) is 59.7 Å². The van der Waals surface area contributed by atoms with Gasteiger partial charge in [-0.3, -0.25) is 0 Å². The van der Waals surface area contributed by atoms with Gasteiger partial charge in [-0.1, -0.05) is 42.8 Å². The van der Waals surface area contributed by atoms with Crippen LogP contribution in [0, 0.1) is 5.92 Å². The fraction of sp³-hybridized carbons (Fsp3) is 0.400. The molecule has 1 aliphatic carbocycles. The minimum Gasteiger partial charge on any atom is -0.490 e. The molecule has 3 rings (SSSR count). The van der Waals surface area contributed by atoms with Gasteiger partial charge in [-0.05, 0) is 48.9 Å². The topological polar surface area (TPSA) is 44.5 Å². The number of ether oxygens (including phenoxy) is 2. The van der Waals surface area contributed by atoms with Crippen LogP contribution in [-0.4, -0.2) is 6.61 Å². The fourth-order valence-corrected chi connectivity index (χ4v) is 2.93. The van der Waals surface area contributed by atoms with Crippen molar-refractivity contribution in [2.24, 2.45) is 11.7 Å². The Bertz CT molecular complexity index is 623. The molecule has 0 amide bonds. The van der Waals surface area contributed by atoms with Gasteiger partial charge in [-0.2, -0.15) is 0 Å². The molecule has 0 unspecified atom stereocenters. The number of hydrogen-bond donors (Lipinski definition) is 1. The van der Waals surface area contributed by atoms with Crippen molar-refractivity contribution in [1.29, 1.82) is 0 Å². The molecule has 122 valence electrons. The third kappa shape index (κ3) is 3.85. The smallest absolute Gasteiger partial charge is 0.161 e. The maximum atomic E-state index is 6.38. The zero-order valence-electron chi connectivity index (χ0n) is 13.7. The van der Waals surface area contributed by atoms with Gasteiger partial charge in [0.1, 0.15) is 6.61 Å². The molecule has 23 heavy (non-hydrogen) atoms. The zero-order valence-corrected chi connectivity index (χ0v) is 13.7. The lowest BCUT2D eigenvalue weighted by molar-refractivity contribution is 0.258. The summed E-state index contributed by atoms with van der Waals surface area (Å²) >= 11 is 0. The van der Waals surface area contributed by atoms with Gasteiger partial charge >= 0.3 is 0 Å². The average molecular weight is 311 g/mol. The first-order valence-corrected chi connectivity index (χ1v) is 8.47. The third-order valence-electron chi connectivity index (χ3n) is 4.55. The van der Waals surface area contributed by atoms with E-state index in [9.17, 15) is 0 Å². The van der Waals surface area contributed by atoms with Crippen LogP contribution in [0.15, 0.2) is 48.5 Å². The molecule has 2 aromatic carbocycles. The zero-order chi connectivity index (χ0) is 16.1. The van der Waals surface area contributed by atoms with Gasteiger partial charge in [0.2, 0.25) is 0 Å². The van der Waals surface area contributed by atoms with Gasteiger partial charge in [0.05, 0.1) is 6.61 Å². The second-order valence-corrected chi connectivity index (χ2v) is 6.13. The van der Waals surface area contributed by atoms with Gasteiger partial charge < -0.3 is 15.2 Å². The Morgan fingerprint density at radius 1 is 1.04 bits per heavy atom. The second-order valence-electron chi connectivity index (χ2n) is 6.13. The van der Waals surface area contributed by atoms with Gasteiger partial charge in [0, 0.05) is 6.04 Å². The monoisotopic (exact) mass is 311 g/mol. The molecule has 0 radical (unpaired) electrons. The standard InChI is InChI=1S/C20H25NO2/c1-2-22-19-13-17(20(21)16-9-6-10-16)11-12-18(19)23-14-15-7-4-3-5-8-15/h3-5,7-8,11-13,16,20H,2,6,9-10,14,21H2,1H3/t20-/m0/s1. The molecule has 0 aliphatic heterocycles. The molecule has 0 bridgehead atoms. The van der Waals surface area contributed by atoms with Crippen molar-refractivity contribution in [2.75, 3.05) is 6.61 Å². The van der Waals surface area contributed by atoms with Crippen molar-refractivity contribution in [3.63, 3.8) is 0 Å². The molecule has 1 saturated carbocycles. The summed E-state index contributed by atoms with van der Waals surface area (Å²) in [4.78, 5) is 0.